The number of carbonyl (C=O) groups is 3. The highest BCUT2D eigenvalue weighted by Crippen LogP contribution is 2.32. The van der Waals surface area contributed by atoms with Gasteiger partial charge in [-0.2, -0.15) is 0 Å². The Morgan fingerprint density at radius 3 is 2.49 bits per heavy atom. The van der Waals surface area contributed by atoms with Crippen LogP contribution in [0.1, 0.15) is 17.7 Å². The van der Waals surface area contributed by atoms with Crippen LogP contribution in [-0.2, 0) is 43.2 Å². The van der Waals surface area contributed by atoms with E-state index in [0.29, 0.717) is 72.6 Å². The van der Waals surface area contributed by atoms with Gasteiger partial charge in [0.05, 0.1) is 74.2 Å². The summed E-state index contributed by atoms with van der Waals surface area (Å²) in [6.45, 7) is 3.44. The molecule has 0 radical (unpaired) electrons. The first-order valence-corrected chi connectivity index (χ1v) is 20.7. The number of aromatic amines is 1. The molecule has 1 aliphatic rings. The van der Waals surface area contributed by atoms with Crippen molar-refractivity contribution in [1.29, 1.82) is 0 Å². The molecule has 19 heteroatoms. The molecular weight excluding hydrogens is 918 g/mol. The van der Waals surface area contributed by atoms with Crippen LogP contribution in [0.15, 0.2) is 71.5 Å². The first kappa shape index (κ1) is 43.9. The van der Waals surface area contributed by atoms with Crippen LogP contribution in [0.4, 0.5) is 4.79 Å². The summed E-state index contributed by atoms with van der Waals surface area (Å²) in [7, 11) is 1.62. The van der Waals surface area contributed by atoms with Crippen molar-refractivity contribution >= 4 is 74.6 Å². The van der Waals surface area contributed by atoms with Crippen molar-refractivity contribution in [1.82, 2.24) is 40.1 Å². The maximum absolute atomic E-state index is 14.0. The van der Waals surface area contributed by atoms with E-state index in [0.717, 1.165) is 9.26 Å². The summed E-state index contributed by atoms with van der Waals surface area (Å²) in [6.07, 6.45) is -0.0406. The standard InChI is InChI=1S/C40H43Cl2IN8O8/c1-56-17-18-58-20-19-57-16-15-51-37(43)33(47-48-51)10-12-36(53)49-13-14-50(29(25-49)24-44-35(52)21-26-5-3-2-4-6-26)40(55)59-34-11-8-28(42)23-31(34)38-45-32-9-7-27(41)22-30(32)39(54)46-38/h2-9,11,22-23,29H,10,12-21,24-25H2,1H3,(H,44,52)(H,45,46,54). The third kappa shape index (κ3) is 12.2. The molecule has 0 aliphatic carbocycles. The molecule has 1 atom stereocenters. The zero-order valence-corrected chi connectivity index (χ0v) is 35.9. The first-order valence-electron chi connectivity index (χ1n) is 18.9. The number of benzene rings is 3. The molecular formula is C40H43Cl2IN8O8. The number of aromatic nitrogens is 5. The molecule has 3 heterocycles. The maximum Gasteiger partial charge on any atom is 0.415 e. The van der Waals surface area contributed by atoms with Crippen LogP contribution in [0.3, 0.4) is 0 Å². The fourth-order valence-electron chi connectivity index (χ4n) is 6.37. The molecule has 2 N–H and O–H groups in total. The number of H-pyrrole nitrogens is 1. The van der Waals surface area contributed by atoms with Gasteiger partial charge in [0.25, 0.3) is 5.56 Å². The van der Waals surface area contributed by atoms with Crippen LogP contribution in [-0.4, -0.2) is 125 Å². The molecule has 3 aromatic carbocycles. The SMILES string of the molecule is COCCOCCOCCn1nnc(CCC(=O)N2CCN(C(=O)Oc3ccc(Cl)cc3-c3nc4ccc(Cl)cc4c(=O)[nH]3)C(CNC(=O)Cc3ccccc3)C2)c1I. The van der Waals surface area contributed by atoms with Gasteiger partial charge in [0.2, 0.25) is 11.8 Å². The average molecular weight is 962 g/mol. The number of nitrogens with one attached hydrogen (secondary N) is 2. The minimum absolute atomic E-state index is 0.0632. The molecule has 3 amide bonds. The third-order valence-electron chi connectivity index (χ3n) is 9.44. The Morgan fingerprint density at radius 2 is 1.69 bits per heavy atom. The molecule has 59 heavy (non-hydrogen) atoms. The second kappa shape index (κ2) is 21.6. The van der Waals surface area contributed by atoms with E-state index in [9.17, 15) is 19.2 Å². The second-order valence-electron chi connectivity index (χ2n) is 13.5. The molecule has 0 spiro atoms. The smallest absolute Gasteiger partial charge is 0.409 e. The monoisotopic (exact) mass is 960 g/mol. The summed E-state index contributed by atoms with van der Waals surface area (Å²) in [4.78, 5) is 64.2. The lowest BCUT2D eigenvalue weighted by molar-refractivity contribution is -0.133. The van der Waals surface area contributed by atoms with Crippen molar-refractivity contribution in [3.63, 3.8) is 0 Å². The number of nitrogens with zero attached hydrogens (tertiary/aromatic N) is 6. The predicted molar refractivity (Wildman–Crippen MR) is 229 cm³/mol. The Balaban J connectivity index is 1.11. The summed E-state index contributed by atoms with van der Waals surface area (Å²) < 4.78 is 24.5. The average Bonchev–Trinajstić information content (AvgIpc) is 3.59. The molecule has 1 fully saturated rings. The minimum atomic E-state index is -0.716. The number of aryl methyl sites for hydroxylation is 1. The summed E-state index contributed by atoms with van der Waals surface area (Å²) in [5, 5.41) is 12.5. The zero-order chi connectivity index (χ0) is 41.7. The van der Waals surface area contributed by atoms with Gasteiger partial charge < -0.3 is 34.1 Å². The first-order chi connectivity index (χ1) is 28.6. The van der Waals surface area contributed by atoms with E-state index < -0.39 is 17.7 Å². The molecule has 2 aromatic heterocycles. The van der Waals surface area contributed by atoms with Crippen LogP contribution < -0.4 is 15.6 Å². The Labute approximate surface area is 363 Å². The molecule has 312 valence electrons. The highest BCUT2D eigenvalue weighted by Gasteiger charge is 2.34. The lowest BCUT2D eigenvalue weighted by atomic mass is 10.1. The third-order valence-corrected chi connectivity index (χ3v) is 11.1. The van der Waals surface area contributed by atoms with Crippen molar-refractivity contribution in [2.75, 3.05) is 66.3 Å². The number of halogens is 3. The van der Waals surface area contributed by atoms with E-state index in [2.05, 4.69) is 48.2 Å². The normalized spacial score (nSPS) is 14.1. The number of carbonyl (C=O) groups excluding carboxylic acids is 3. The molecule has 5 aromatic rings. The number of methoxy groups -OCH3 is 1. The molecule has 1 aliphatic heterocycles. The van der Waals surface area contributed by atoms with Crippen molar-refractivity contribution in [2.45, 2.75) is 31.8 Å². The molecule has 0 bridgehead atoms. The van der Waals surface area contributed by atoms with E-state index in [1.807, 2.05) is 30.3 Å². The van der Waals surface area contributed by atoms with Gasteiger partial charge in [0, 0.05) is 56.2 Å². The Hall–Kier alpha value is -4.66. The van der Waals surface area contributed by atoms with Gasteiger partial charge in [-0.15, -0.1) is 5.10 Å². The van der Waals surface area contributed by atoms with Crippen molar-refractivity contribution in [3.05, 3.63) is 102 Å². The Bertz CT molecular complexity index is 2300. The van der Waals surface area contributed by atoms with Gasteiger partial charge in [0.15, 0.2) is 0 Å². The van der Waals surface area contributed by atoms with Crippen LogP contribution in [0.5, 0.6) is 5.75 Å². The number of hydrogen-bond donors (Lipinski definition) is 2. The van der Waals surface area contributed by atoms with E-state index in [-0.39, 0.29) is 68.0 Å². The van der Waals surface area contributed by atoms with Crippen LogP contribution in [0.2, 0.25) is 10.0 Å². The molecule has 0 saturated carbocycles. The molecule has 1 saturated heterocycles. The van der Waals surface area contributed by atoms with Gasteiger partial charge >= 0.3 is 6.09 Å². The van der Waals surface area contributed by atoms with Gasteiger partial charge in [-0.05, 0) is 64.6 Å². The minimum Gasteiger partial charge on any atom is -0.409 e. The summed E-state index contributed by atoms with van der Waals surface area (Å²) >= 11 is 14.6. The topological polar surface area (TPSA) is 183 Å². The fraction of sp³-hybridized carbons (Fsp3) is 0.375. The lowest BCUT2D eigenvalue weighted by Gasteiger charge is -2.40. The number of piperazine rings is 1. The van der Waals surface area contributed by atoms with E-state index in [1.165, 1.54) is 23.1 Å². The van der Waals surface area contributed by atoms with Crippen molar-refractivity contribution in [2.24, 2.45) is 0 Å². The number of fused-ring (bicyclic) bond motifs is 1. The van der Waals surface area contributed by atoms with E-state index in [1.54, 1.807) is 34.9 Å². The van der Waals surface area contributed by atoms with Gasteiger partial charge in [-0.3, -0.25) is 19.3 Å². The molecule has 1 unspecified atom stereocenters. The highest BCUT2D eigenvalue weighted by atomic mass is 127. The zero-order valence-electron chi connectivity index (χ0n) is 32.2. The summed E-state index contributed by atoms with van der Waals surface area (Å²) in [5.74, 6) is -0.132. The lowest BCUT2D eigenvalue weighted by Crippen LogP contribution is -2.60. The number of amides is 3. The highest BCUT2D eigenvalue weighted by molar-refractivity contribution is 14.1. The fourth-order valence-corrected chi connectivity index (χ4v) is 7.43. The predicted octanol–water partition coefficient (Wildman–Crippen LogP) is 4.78. The number of ether oxygens (including phenoxy) is 4. The summed E-state index contributed by atoms with van der Waals surface area (Å²) in [5.41, 5.74) is 1.76. The maximum atomic E-state index is 14.0. The van der Waals surface area contributed by atoms with Crippen LogP contribution in [0, 0.1) is 3.70 Å². The van der Waals surface area contributed by atoms with Crippen molar-refractivity contribution in [3.8, 4) is 17.1 Å². The van der Waals surface area contributed by atoms with Crippen LogP contribution in [0.25, 0.3) is 22.3 Å². The Morgan fingerprint density at radius 1 is 0.949 bits per heavy atom. The molecule has 6 rings (SSSR count). The second-order valence-corrected chi connectivity index (χ2v) is 15.4. The number of hydrogen-bond acceptors (Lipinski definition) is 11. The van der Waals surface area contributed by atoms with Gasteiger partial charge in [-0.1, -0.05) is 58.7 Å². The van der Waals surface area contributed by atoms with Gasteiger partial charge in [0.1, 0.15) is 15.3 Å². The largest absolute Gasteiger partial charge is 0.415 e. The van der Waals surface area contributed by atoms with E-state index in [4.69, 9.17) is 42.1 Å². The number of rotatable bonds is 18. The van der Waals surface area contributed by atoms with E-state index >= 15 is 0 Å². The summed E-state index contributed by atoms with van der Waals surface area (Å²) in [6, 6.07) is 18.0. The van der Waals surface area contributed by atoms with Crippen molar-refractivity contribution < 1.29 is 33.3 Å². The molecule has 16 nitrogen and oxygen atoms in total. The Kier molecular flexibility index (Phi) is 16.0. The van der Waals surface area contributed by atoms with Crippen LogP contribution >= 0.6 is 45.8 Å². The quantitative estimate of drug-likeness (QED) is 0.0912. The van der Waals surface area contributed by atoms with Gasteiger partial charge in [-0.25, -0.2) is 14.5 Å².